The standard InChI is InChI=1S/C14H18BrN3O3/c1-10-17-14(21-18-10)5-6-16-8-12(19)9-20-13-4-2-3-11(15)7-13/h2-4,7,12,16,19H,5-6,8-9H2,1H3. The molecule has 0 spiro atoms. The van der Waals surface area contributed by atoms with Crippen molar-refractivity contribution in [3.05, 3.63) is 40.5 Å². The fourth-order valence-electron chi connectivity index (χ4n) is 1.71. The molecule has 2 aromatic rings. The number of nitrogens with zero attached hydrogens (tertiary/aromatic N) is 2. The predicted molar refractivity (Wildman–Crippen MR) is 81.3 cm³/mol. The van der Waals surface area contributed by atoms with Gasteiger partial charge in [-0.15, -0.1) is 0 Å². The van der Waals surface area contributed by atoms with Crippen molar-refractivity contribution in [2.24, 2.45) is 0 Å². The number of halogens is 1. The molecule has 0 saturated heterocycles. The number of aliphatic hydroxyl groups is 1. The number of rotatable bonds is 8. The Balaban J connectivity index is 1.60. The maximum absolute atomic E-state index is 9.83. The van der Waals surface area contributed by atoms with Crippen LogP contribution in [0.25, 0.3) is 0 Å². The average molecular weight is 356 g/mol. The molecule has 6 nitrogen and oxygen atoms in total. The number of hydrogen-bond donors (Lipinski definition) is 2. The minimum Gasteiger partial charge on any atom is -0.491 e. The van der Waals surface area contributed by atoms with Crippen molar-refractivity contribution in [2.75, 3.05) is 19.7 Å². The van der Waals surface area contributed by atoms with Crippen molar-refractivity contribution in [3.63, 3.8) is 0 Å². The van der Waals surface area contributed by atoms with Gasteiger partial charge in [0, 0.05) is 24.0 Å². The Morgan fingerprint density at radius 2 is 2.33 bits per heavy atom. The smallest absolute Gasteiger partial charge is 0.227 e. The van der Waals surface area contributed by atoms with Gasteiger partial charge in [-0.1, -0.05) is 27.2 Å². The number of hydrogen-bond acceptors (Lipinski definition) is 6. The lowest BCUT2D eigenvalue weighted by molar-refractivity contribution is 0.106. The van der Waals surface area contributed by atoms with Gasteiger partial charge in [-0.2, -0.15) is 4.98 Å². The van der Waals surface area contributed by atoms with Crippen LogP contribution in [0.15, 0.2) is 33.3 Å². The van der Waals surface area contributed by atoms with Gasteiger partial charge in [-0.05, 0) is 25.1 Å². The van der Waals surface area contributed by atoms with E-state index in [0.717, 1.165) is 10.2 Å². The Bertz CT molecular complexity index is 562. The molecule has 2 rings (SSSR count). The second-order valence-corrected chi connectivity index (χ2v) is 5.53. The maximum atomic E-state index is 9.83. The molecule has 0 aliphatic heterocycles. The van der Waals surface area contributed by atoms with E-state index < -0.39 is 6.10 Å². The third-order valence-electron chi connectivity index (χ3n) is 2.70. The van der Waals surface area contributed by atoms with Gasteiger partial charge in [-0.25, -0.2) is 0 Å². The quantitative estimate of drug-likeness (QED) is 0.701. The first-order valence-electron chi connectivity index (χ1n) is 6.70. The third kappa shape index (κ3) is 5.82. The van der Waals surface area contributed by atoms with Gasteiger partial charge in [-0.3, -0.25) is 0 Å². The summed E-state index contributed by atoms with van der Waals surface area (Å²) in [6.07, 6.45) is 0.0634. The Labute approximate surface area is 131 Å². The Morgan fingerprint density at radius 3 is 3.05 bits per heavy atom. The van der Waals surface area contributed by atoms with Crippen LogP contribution >= 0.6 is 15.9 Å². The summed E-state index contributed by atoms with van der Waals surface area (Å²) in [5.74, 6) is 1.96. The molecule has 0 bridgehead atoms. The first kappa shape index (κ1) is 15.9. The van der Waals surface area contributed by atoms with E-state index in [9.17, 15) is 5.11 Å². The van der Waals surface area contributed by atoms with Gasteiger partial charge < -0.3 is 19.7 Å². The summed E-state index contributed by atoms with van der Waals surface area (Å²) < 4.78 is 11.4. The molecule has 1 heterocycles. The van der Waals surface area contributed by atoms with Crippen LogP contribution in [0.4, 0.5) is 0 Å². The predicted octanol–water partition coefficient (Wildman–Crippen LogP) is 1.71. The lowest BCUT2D eigenvalue weighted by atomic mass is 10.3. The molecule has 0 radical (unpaired) electrons. The monoisotopic (exact) mass is 355 g/mol. The Hall–Kier alpha value is -1.44. The molecule has 114 valence electrons. The highest BCUT2D eigenvalue weighted by Crippen LogP contribution is 2.17. The van der Waals surface area contributed by atoms with E-state index in [2.05, 4.69) is 31.4 Å². The van der Waals surface area contributed by atoms with Crippen LogP contribution in [0.3, 0.4) is 0 Å². The lowest BCUT2D eigenvalue weighted by Crippen LogP contribution is -2.32. The van der Waals surface area contributed by atoms with Crippen LogP contribution in [0, 0.1) is 6.92 Å². The Kier molecular flexibility index (Phi) is 6.16. The van der Waals surface area contributed by atoms with E-state index in [1.807, 2.05) is 24.3 Å². The Morgan fingerprint density at radius 1 is 1.48 bits per heavy atom. The van der Waals surface area contributed by atoms with Crippen LogP contribution in [-0.2, 0) is 6.42 Å². The van der Waals surface area contributed by atoms with E-state index in [-0.39, 0.29) is 6.61 Å². The zero-order valence-corrected chi connectivity index (χ0v) is 13.3. The van der Waals surface area contributed by atoms with Crippen LogP contribution in [0.2, 0.25) is 0 Å². The number of nitrogens with one attached hydrogen (secondary N) is 1. The van der Waals surface area contributed by atoms with E-state index in [1.54, 1.807) is 6.92 Å². The van der Waals surface area contributed by atoms with Gasteiger partial charge in [0.05, 0.1) is 0 Å². The number of aliphatic hydroxyl groups excluding tert-OH is 1. The molecule has 1 aromatic carbocycles. The second kappa shape index (κ2) is 8.11. The molecule has 0 saturated carbocycles. The molecule has 1 unspecified atom stereocenters. The summed E-state index contributed by atoms with van der Waals surface area (Å²) in [4.78, 5) is 4.10. The molecule has 0 fully saturated rings. The lowest BCUT2D eigenvalue weighted by Gasteiger charge is -2.13. The topological polar surface area (TPSA) is 80.4 Å². The van der Waals surface area contributed by atoms with E-state index in [0.29, 0.717) is 31.2 Å². The summed E-state index contributed by atoms with van der Waals surface area (Å²) in [5.41, 5.74) is 0. The minimum absolute atomic E-state index is 0.239. The normalized spacial score (nSPS) is 12.3. The molecule has 0 amide bonds. The molecule has 1 aromatic heterocycles. The van der Waals surface area contributed by atoms with Crippen molar-refractivity contribution in [3.8, 4) is 5.75 Å². The van der Waals surface area contributed by atoms with Gasteiger partial charge in [0.2, 0.25) is 5.89 Å². The van der Waals surface area contributed by atoms with Gasteiger partial charge in [0.1, 0.15) is 18.5 Å². The third-order valence-corrected chi connectivity index (χ3v) is 3.20. The van der Waals surface area contributed by atoms with Crippen LogP contribution in [0.1, 0.15) is 11.7 Å². The highest BCUT2D eigenvalue weighted by Gasteiger charge is 2.06. The summed E-state index contributed by atoms with van der Waals surface area (Å²) in [6, 6.07) is 7.52. The first-order chi connectivity index (χ1) is 10.1. The van der Waals surface area contributed by atoms with Crippen molar-refractivity contribution in [2.45, 2.75) is 19.4 Å². The second-order valence-electron chi connectivity index (χ2n) is 4.61. The fourth-order valence-corrected chi connectivity index (χ4v) is 2.09. The highest BCUT2D eigenvalue weighted by atomic mass is 79.9. The molecule has 2 N–H and O–H groups in total. The van der Waals surface area contributed by atoms with Crippen molar-refractivity contribution in [1.82, 2.24) is 15.5 Å². The van der Waals surface area contributed by atoms with Gasteiger partial charge >= 0.3 is 0 Å². The summed E-state index contributed by atoms with van der Waals surface area (Å²) >= 11 is 3.37. The highest BCUT2D eigenvalue weighted by molar-refractivity contribution is 9.10. The minimum atomic E-state index is -0.576. The zero-order valence-electron chi connectivity index (χ0n) is 11.8. The molecule has 21 heavy (non-hydrogen) atoms. The molecular formula is C14H18BrN3O3. The van der Waals surface area contributed by atoms with Crippen molar-refractivity contribution >= 4 is 15.9 Å². The average Bonchev–Trinajstić information content (AvgIpc) is 2.87. The number of benzene rings is 1. The van der Waals surface area contributed by atoms with Crippen molar-refractivity contribution in [1.29, 1.82) is 0 Å². The zero-order chi connectivity index (χ0) is 15.1. The SMILES string of the molecule is Cc1noc(CCNCC(O)COc2cccc(Br)c2)n1. The van der Waals surface area contributed by atoms with E-state index in [1.165, 1.54) is 0 Å². The van der Waals surface area contributed by atoms with Crippen LogP contribution in [-0.4, -0.2) is 41.0 Å². The first-order valence-corrected chi connectivity index (χ1v) is 7.49. The van der Waals surface area contributed by atoms with E-state index >= 15 is 0 Å². The van der Waals surface area contributed by atoms with Crippen LogP contribution in [0.5, 0.6) is 5.75 Å². The molecule has 1 atom stereocenters. The van der Waals surface area contributed by atoms with Crippen molar-refractivity contribution < 1.29 is 14.4 Å². The van der Waals surface area contributed by atoms with E-state index in [4.69, 9.17) is 9.26 Å². The molecule has 0 aliphatic carbocycles. The van der Waals surface area contributed by atoms with Crippen LogP contribution < -0.4 is 10.1 Å². The number of ether oxygens (including phenoxy) is 1. The summed E-state index contributed by atoms with van der Waals surface area (Å²) in [5, 5.41) is 16.7. The molecular weight excluding hydrogens is 338 g/mol. The number of aromatic nitrogens is 2. The number of aryl methyl sites for hydroxylation is 1. The summed E-state index contributed by atoms with van der Waals surface area (Å²) in [6.45, 7) is 3.13. The molecule has 7 heteroatoms. The van der Waals surface area contributed by atoms with Gasteiger partial charge in [0.25, 0.3) is 0 Å². The summed E-state index contributed by atoms with van der Waals surface area (Å²) in [7, 11) is 0. The maximum Gasteiger partial charge on any atom is 0.227 e. The van der Waals surface area contributed by atoms with Gasteiger partial charge in [0.15, 0.2) is 5.82 Å². The fraction of sp³-hybridized carbons (Fsp3) is 0.429. The largest absolute Gasteiger partial charge is 0.491 e. The molecule has 0 aliphatic rings.